The van der Waals surface area contributed by atoms with Crippen LogP contribution in [0.25, 0.3) is 22.0 Å². The lowest BCUT2D eigenvalue weighted by Crippen LogP contribution is -2.21. The number of rotatable bonds is 2. The van der Waals surface area contributed by atoms with E-state index in [1.807, 2.05) is 24.3 Å². The third-order valence-electron chi connectivity index (χ3n) is 5.72. The minimum Gasteiger partial charge on any atom is -0.420 e. The van der Waals surface area contributed by atoms with Gasteiger partial charge >= 0.3 is 0 Å². The number of nitrogens with zero attached hydrogens (tertiary/aromatic N) is 2. The van der Waals surface area contributed by atoms with Crippen molar-refractivity contribution >= 4 is 10.8 Å². The molecule has 0 spiro atoms. The molecule has 0 fully saturated rings. The number of fused-ring (bicyclic) bond motifs is 2. The number of nitrogens with one attached hydrogen (secondary N) is 1. The molecule has 3 aromatic carbocycles. The summed E-state index contributed by atoms with van der Waals surface area (Å²) >= 11 is 0. The third kappa shape index (κ3) is 2.66. The van der Waals surface area contributed by atoms with Crippen LogP contribution >= 0.6 is 0 Å². The third-order valence-corrected chi connectivity index (χ3v) is 5.72. The average molecular weight is 392 g/mol. The molecule has 1 aliphatic heterocycles. The van der Waals surface area contributed by atoms with Crippen molar-refractivity contribution in [1.82, 2.24) is 10.2 Å². The summed E-state index contributed by atoms with van der Waals surface area (Å²) in [4.78, 5) is 0. The molecule has 0 saturated carbocycles. The van der Waals surface area contributed by atoms with Crippen molar-refractivity contribution in [3.05, 3.63) is 94.4 Å². The van der Waals surface area contributed by atoms with E-state index in [4.69, 9.17) is 10.5 Å². The van der Waals surface area contributed by atoms with Crippen LogP contribution in [0.1, 0.15) is 28.2 Å². The first kappa shape index (κ1) is 18.0. The van der Waals surface area contributed by atoms with Crippen LogP contribution in [0.2, 0.25) is 0 Å². The maximum atomic E-state index is 9.98. The first-order valence-electron chi connectivity index (χ1n) is 9.79. The maximum absolute atomic E-state index is 9.98. The number of aromatic nitrogens is 2. The van der Waals surface area contributed by atoms with Gasteiger partial charge in [-0.2, -0.15) is 5.26 Å². The highest BCUT2D eigenvalue weighted by Crippen LogP contribution is 2.47. The Morgan fingerprint density at radius 2 is 1.87 bits per heavy atom. The summed E-state index contributed by atoms with van der Waals surface area (Å²) in [7, 11) is 0. The average Bonchev–Trinajstić information content (AvgIpc) is 3.15. The fourth-order valence-corrected chi connectivity index (χ4v) is 4.36. The largest absolute Gasteiger partial charge is 0.420 e. The summed E-state index contributed by atoms with van der Waals surface area (Å²) in [6.45, 7) is 4.14. The number of nitriles is 1. The molecule has 30 heavy (non-hydrogen) atoms. The summed E-state index contributed by atoms with van der Waals surface area (Å²) in [5.41, 5.74) is 12.6. The fourth-order valence-electron chi connectivity index (χ4n) is 4.36. The van der Waals surface area contributed by atoms with Gasteiger partial charge < -0.3 is 10.5 Å². The van der Waals surface area contributed by atoms with E-state index in [1.54, 1.807) is 0 Å². The second-order valence-corrected chi connectivity index (χ2v) is 7.63. The van der Waals surface area contributed by atoms with Gasteiger partial charge in [0.05, 0.1) is 17.2 Å². The van der Waals surface area contributed by atoms with Crippen LogP contribution < -0.4 is 10.5 Å². The maximum Gasteiger partial charge on any atom is 0.244 e. The molecule has 0 radical (unpaired) electrons. The Kier molecular flexibility index (Phi) is 4.07. The molecule has 1 aliphatic rings. The Bertz CT molecular complexity index is 1370. The van der Waals surface area contributed by atoms with Crippen molar-refractivity contribution in [2.24, 2.45) is 5.73 Å². The normalized spacial score (nSPS) is 15.6. The summed E-state index contributed by atoms with van der Waals surface area (Å²) in [6, 6.07) is 22.8. The van der Waals surface area contributed by atoms with Gasteiger partial charge in [0.25, 0.3) is 0 Å². The van der Waals surface area contributed by atoms with E-state index in [9.17, 15) is 5.26 Å². The SMILES string of the molecule is Cc1ccc(-c2[nH]nc3c2[C@H](c2cccc4ccccc24)C(C#N)=C(N)O3)c(C)c1. The van der Waals surface area contributed by atoms with Gasteiger partial charge in [-0.1, -0.05) is 66.2 Å². The molecule has 0 bridgehead atoms. The van der Waals surface area contributed by atoms with Crippen LogP contribution in [0.4, 0.5) is 0 Å². The molecule has 1 aromatic heterocycles. The Hall–Kier alpha value is -4.04. The van der Waals surface area contributed by atoms with Crippen LogP contribution in [0.5, 0.6) is 5.88 Å². The summed E-state index contributed by atoms with van der Waals surface area (Å²) in [5.74, 6) is 0.139. The zero-order valence-electron chi connectivity index (χ0n) is 16.7. The smallest absolute Gasteiger partial charge is 0.244 e. The summed E-state index contributed by atoms with van der Waals surface area (Å²) in [5, 5.41) is 19.7. The van der Waals surface area contributed by atoms with Gasteiger partial charge in [-0.25, -0.2) is 0 Å². The second kappa shape index (κ2) is 6.78. The Morgan fingerprint density at radius 1 is 1.07 bits per heavy atom. The molecular formula is C25H20N4O. The zero-order chi connectivity index (χ0) is 20.8. The number of aromatic amines is 1. The molecule has 5 rings (SSSR count). The van der Waals surface area contributed by atoms with Gasteiger partial charge in [-0.15, -0.1) is 5.10 Å². The van der Waals surface area contributed by atoms with Gasteiger partial charge in [0.2, 0.25) is 11.8 Å². The van der Waals surface area contributed by atoms with Crippen LogP contribution in [0, 0.1) is 25.2 Å². The monoisotopic (exact) mass is 392 g/mol. The molecular weight excluding hydrogens is 372 g/mol. The Balaban J connectivity index is 1.82. The molecule has 0 aliphatic carbocycles. The van der Waals surface area contributed by atoms with Crippen LogP contribution in [-0.2, 0) is 0 Å². The van der Waals surface area contributed by atoms with E-state index in [-0.39, 0.29) is 11.8 Å². The van der Waals surface area contributed by atoms with Crippen LogP contribution in [0.3, 0.4) is 0 Å². The van der Waals surface area contributed by atoms with E-state index < -0.39 is 0 Å². The number of ether oxygens (including phenoxy) is 1. The number of benzene rings is 3. The lowest BCUT2D eigenvalue weighted by molar-refractivity contribution is 0.379. The molecule has 0 saturated heterocycles. The summed E-state index contributed by atoms with van der Waals surface area (Å²) < 4.78 is 5.76. The first-order chi connectivity index (χ1) is 14.6. The van der Waals surface area contributed by atoms with Crippen molar-refractivity contribution in [3.63, 3.8) is 0 Å². The highest BCUT2D eigenvalue weighted by Gasteiger charge is 2.36. The van der Waals surface area contributed by atoms with E-state index >= 15 is 0 Å². The van der Waals surface area contributed by atoms with E-state index in [2.05, 4.69) is 66.5 Å². The van der Waals surface area contributed by atoms with Crippen molar-refractivity contribution in [2.45, 2.75) is 19.8 Å². The number of aryl methyl sites for hydroxylation is 2. The molecule has 0 amide bonds. The standard InChI is InChI=1S/C25H20N4O/c1-14-10-11-17(15(2)12-14)23-22-21(20(13-26)24(27)30-25(22)29-28-23)19-9-5-7-16-6-3-4-8-18(16)19/h3-12,21H,27H2,1-2H3,(H,28,29)/t21-/m1/s1. The molecule has 3 N–H and O–H groups in total. The van der Waals surface area contributed by atoms with Crippen LogP contribution in [0.15, 0.2) is 72.1 Å². The highest BCUT2D eigenvalue weighted by atomic mass is 16.5. The highest BCUT2D eigenvalue weighted by molar-refractivity contribution is 5.88. The van der Waals surface area contributed by atoms with Gasteiger partial charge in [0.1, 0.15) is 11.6 Å². The molecule has 0 unspecified atom stereocenters. The topological polar surface area (TPSA) is 87.7 Å². The molecule has 1 atom stereocenters. The first-order valence-corrected chi connectivity index (χ1v) is 9.79. The van der Waals surface area contributed by atoms with Crippen molar-refractivity contribution < 1.29 is 4.74 Å². The van der Waals surface area contributed by atoms with Crippen molar-refractivity contribution in [3.8, 4) is 23.2 Å². The van der Waals surface area contributed by atoms with Crippen LogP contribution in [-0.4, -0.2) is 10.2 Å². The van der Waals surface area contributed by atoms with Gasteiger partial charge in [-0.3, -0.25) is 5.10 Å². The van der Waals surface area contributed by atoms with E-state index in [0.29, 0.717) is 11.5 Å². The predicted octanol–water partition coefficient (Wildman–Crippen LogP) is 5.06. The van der Waals surface area contributed by atoms with E-state index in [1.165, 1.54) is 5.56 Å². The lowest BCUT2D eigenvalue weighted by Gasteiger charge is -2.25. The molecule has 4 aromatic rings. The van der Waals surface area contributed by atoms with Crippen molar-refractivity contribution in [2.75, 3.05) is 0 Å². The number of hydrogen-bond donors (Lipinski definition) is 2. The van der Waals surface area contributed by atoms with Gasteiger partial charge in [0.15, 0.2) is 0 Å². The van der Waals surface area contributed by atoms with E-state index in [0.717, 1.165) is 38.7 Å². The van der Waals surface area contributed by atoms with Gasteiger partial charge in [0, 0.05) is 5.56 Å². The number of allylic oxidation sites excluding steroid dienone is 1. The summed E-state index contributed by atoms with van der Waals surface area (Å²) in [6.07, 6.45) is 0. The quantitative estimate of drug-likeness (QED) is 0.499. The molecule has 146 valence electrons. The molecule has 5 nitrogen and oxygen atoms in total. The number of hydrogen-bond acceptors (Lipinski definition) is 4. The minimum atomic E-state index is -0.376. The zero-order valence-corrected chi connectivity index (χ0v) is 16.7. The lowest BCUT2D eigenvalue weighted by atomic mass is 9.80. The minimum absolute atomic E-state index is 0.0987. The Labute approximate surface area is 174 Å². The molecule has 5 heteroatoms. The fraction of sp³-hybridized carbons (Fsp3) is 0.120. The second-order valence-electron chi connectivity index (χ2n) is 7.63. The molecule has 2 heterocycles. The number of H-pyrrole nitrogens is 1. The number of nitrogens with two attached hydrogens (primary N) is 1. The Morgan fingerprint density at radius 3 is 2.67 bits per heavy atom. The predicted molar refractivity (Wildman–Crippen MR) is 117 cm³/mol. The van der Waals surface area contributed by atoms with Gasteiger partial charge in [-0.05, 0) is 35.7 Å². The van der Waals surface area contributed by atoms with Crippen molar-refractivity contribution in [1.29, 1.82) is 5.26 Å².